The first-order valence-electron chi connectivity index (χ1n) is 9.54. The summed E-state index contributed by atoms with van der Waals surface area (Å²) in [5, 5.41) is 7.82. The first-order chi connectivity index (χ1) is 13.9. The predicted molar refractivity (Wildman–Crippen MR) is 121 cm³/mol. The van der Waals surface area contributed by atoms with E-state index in [2.05, 4.69) is 15.5 Å². The Kier molecular flexibility index (Phi) is 11.0. The van der Waals surface area contributed by atoms with Crippen molar-refractivity contribution in [2.45, 2.75) is 41.0 Å². The van der Waals surface area contributed by atoms with Crippen LogP contribution in [0.4, 0.5) is 0 Å². The summed E-state index contributed by atoms with van der Waals surface area (Å²) in [7, 11) is 0. The zero-order chi connectivity index (χ0) is 21.8. The summed E-state index contributed by atoms with van der Waals surface area (Å²) in [4.78, 5) is 16.0. The van der Waals surface area contributed by atoms with E-state index in [4.69, 9.17) is 27.7 Å². The van der Waals surface area contributed by atoms with Gasteiger partial charge in [0.05, 0.1) is 16.3 Å². The average Bonchev–Trinajstić information content (AvgIpc) is 3.15. The van der Waals surface area contributed by atoms with Crippen molar-refractivity contribution < 1.29 is 9.32 Å². The third-order valence-corrected chi connectivity index (χ3v) is 4.14. The maximum absolute atomic E-state index is 11.8. The number of hydrogen-bond donors (Lipinski definition) is 1. The highest BCUT2D eigenvalue weighted by Crippen LogP contribution is 2.33. The molecule has 0 bridgehead atoms. The van der Waals surface area contributed by atoms with Crippen molar-refractivity contribution in [3.8, 4) is 11.3 Å². The molecular formula is C22H27Cl2N3O2. The number of aromatic nitrogens is 1. The SMILES string of the molecule is CC.CC/C=C(\C=C/N=Cc1cc(-c2c(Cl)cccc2Cl)no1)NC(=O)C(C)C. The molecule has 0 radical (unpaired) electrons. The van der Waals surface area contributed by atoms with E-state index in [1.807, 2.05) is 40.7 Å². The largest absolute Gasteiger partial charge is 0.355 e. The fourth-order valence-corrected chi connectivity index (χ4v) is 2.71. The topological polar surface area (TPSA) is 67.5 Å². The number of allylic oxidation sites excluding steroid dienone is 2. The van der Waals surface area contributed by atoms with Gasteiger partial charge in [0.25, 0.3) is 0 Å². The number of hydrogen-bond acceptors (Lipinski definition) is 4. The summed E-state index contributed by atoms with van der Waals surface area (Å²) in [6.45, 7) is 9.68. The molecule has 29 heavy (non-hydrogen) atoms. The van der Waals surface area contributed by atoms with E-state index in [0.29, 0.717) is 32.8 Å². The van der Waals surface area contributed by atoms with Crippen LogP contribution in [0.3, 0.4) is 0 Å². The Morgan fingerprint density at radius 3 is 2.52 bits per heavy atom. The van der Waals surface area contributed by atoms with E-state index in [1.54, 1.807) is 36.5 Å². The molecule has 2 rings (SSSR count). The van der Waals surface area contributed by atoms with E-state index < -0.39 is 0 Å². The van der Waals surface area contributed by atoms with Gasteiger partial charge in [-0.25, -0.2) is 0 Å². The average molecular weight is 436 g/mol. The van der Waals surface area contributed by atoms with Gasteiger partial charge < -0.3 is 9.84 Å². The first-order valence-corrected chi connectivity index (χ1v) is 10.3. The third kappa shape index (κ3) is 7.87. The number of benzene rings is 1. The number of nitrogens with one attached hydrogen (secondary N) is 1. The number of aliphatic imine (C=N–C) groups is 1. The number of nitrogens with zero attached hydrogens (tertiary/aromatic N) is 2. The highest BCUT2D eigenvalue weighted by Gasteiger charge is 2.12. The summed E-state index contributed by atoms with van der Waals surface area (Å²) < 4.78 is 5.24. The van der Waals surface area contributed by atoms with E-state index >= 15 is 0 Å². The number of amides is 1. The molecule has 1 amide bonds. The Hall–Kier alpha value is -2.37. The Balaban J connectivity index is 0.00000204. The molecule has 0 unspecified atom stereocenters. The fraction of sp³-hybridized carbons (Fsp3) is 0.318. The molecule has 0 atom stereocenters. The van der Waals surface area contributed by atoms with Crippen molar-refractivity contribution in [3.05, 3.63) is 64.1 Å². The summed E-state index contributed by atoms with van der Waals surface area (Å²) in [5.74, 6) is 0.323. The number of halogens is 2. The van der Waals surface area contributed by atoms with Crippen LogP contribution in [0.5, 0.6) is 0 Å². The molecule has 2 aromatic rings. The molecule has 0 spiro atoms. The molecule has 0 aliphatic carbocycles. The number of carbonyl (C=O) groups is 1. The molecule has 7 heteroatoms. The van der Waals surface area contributed by atoms with E-state index in [0.717, 1.165) is 6.42 Å². The van der Waals surface area contributed by atoms with E-state index in [9.17, 15) is 4.79 Å². The minimum atomic E-state index is -0.0913. The van der Waals surface area contributed by atoms with Crippen molar-refractivity contribution in [1.29, 1.82) is 0 Å². The zero-order valence-electron chi connectivity index (χ0n) is 17.4. The van der Waals surface area contributed by atoms with Crippen molar-refractivity contribution >= 4 is 35.3 Å². The van der Waals surface area contributed by atoms with E-state index in [1.165, 1.54) is 6.21 Å². The summed E-state index contributed by atoms with van der Waals surface area (Å²) in [6.07, 6.45) is 7.53. The van der Waals surface area contributed by atoms with Crippen molar-refractivity contribution in [3.63, 3.8) is 0 Å². The molecule has 1 N–H and O–H groups in total. The van der Waals surface area contributed by atoms with Crippen molar-refractivity contribution in [2.75, 3.05) is 0 Å². The van der Waals surface area contributed by atoms with Gasteiger partial charge in [0.15, 0.2) is 5.76 Å². The van der Waals surface area contributed by atoms with Crippen LogP contribution in [-0.2, 0) is 4.79 Å². The van der Waals surface area contributed by atoms with E-state index in [-0.39, 0.29) is 11.8 Å². The number of carbonyl (C=O) groups excluding carboxylic acids is 1. The minimum Gasteiger partial charge on any atom is -0.355 e. The highest BCUT2D eigenvalue weighted by atomic mass is 35.5. The standard InChI is InChI=1S/C20H21Cl2N3O2.C2H6/c1-4-6-14(24-20(26)13(2)3)9-10-23-12-15-11-18(25-27-15)19-16(21)7-5-8-17(19)22;1-2/h5-13H,4H2,1-3H3,(H,24,26);1-2H3/b10-9-,14-6+,23-12?;. The second-order valence-electron chi connectivity index (χ2n) is 6.02. The summed E-state index contributed by atoms with van der Waals surface area (Å²) in [6, 6.07) is 6.94. The molecule has 1 aromatic heterocycles. The minimum absolute atomic E-state index is 0.0418. The summed E-state index contributed by atoms with van der Waals surface area (Å²) >= 11 is 12.4. The van der Waals surface area contributed by atoms with Crippen LogP contribution < -0.4 is 5.32 Å². The smallest absolute Gasteiger partial charge is 0.226 e. The van der Waals surface area contributed by atoms with Crippen LogP contribution in [0.2, 0.25) is 10.0 Å². The lowest BCUT2D eigenvalue weighted by molar-refractivity contribution is -0.123. The van der Waals surface area contributed by atoms with Crippen LogP contribution in [0, 0.1) is 5.92 Å². The number of rotatable bonds is 7. The van der Waals surface area contributed by atoms with Gasteiger partial charge in [-0.15, -0.1) is 0 Å². The second kappa shape index (κ2) is 13.0. The van der Waals surface area contributed by atoms with Gasteiger partial charge in [-0.2, -0.15) is 0 Å². The van der Waals surface area contributed by atoms with Gasteiger partial charge in [0, 0.05) is 29.4 Å². The van der Waals surface area contributed by atoms with Gasteiger partial charge in [0.2, 0.25) is 5.91 Å². The Morgan fingerprint density at radius 2 is 1.93 bits per heavy atom. The van der Waals surface area contributed by atoms with Gasteiger partial charge in [-0.05, 0) is 24.6 Å². The van der Waals surface area contributed by atoms with Crippen LogP contribution in [-0.4, -0.2) is 17.3 Å². The van der Waals surface area contributed by atoms with Crippen LogP contribution in [0.25, 0.3) is 11.3 Å². The predicted octanol–water partition coefficient (Wildman–Crippen LogP) is 6.67. The second-order valence-corrected chi connectivity index (χ2v) is 6.83. The Morgan fingerprint density at radius 1 is 1.28 bits per heavy atom. The van der Waals surface area contributed by atoms with Crippen LogP contribution in [0.1, 0.15) is 46.8 Å². The quantitative estimate of drug-likeness (QED) is 0.389. The molecule has 0 aliphatic rings. The molecule has 156 valence electrons. The normalized spacial score (nSPS) is 11.8. The lowest BCUT2D eigenvalue weighted by Gasteiger charge is -2.07. The van der Waals surface area contributed by atoms with Crippen molar-refractivity contribution in [1.82, 2.24) is 10.5 Å². The lowest BCUT2D eigenvalue weighted by atomic mass is 10.1. The molecule has 0 saturated carbocycles. The first kappa shape index (κ1) is 24.7. The Bertz CT molecular complexity index is 864. The van der Waals surface area contributed by atoms with Crippen molar-refractivity contribution in [2.24, 2.45) is 10.9 Å². The van der Waals surface area contributed by atoms with Crippen LogP contribution >= 0.6 is 23.2 Å². The lowest BCUT2D eigenvalue weighted by Crippen LogP contribution is -2.26. The zero-order valence-corrected chi connectivity index (χ0v) is 18.9. The Labute approximate surface area is 182 Å². The molecule has 0 saturated heterocycles. The fourth-order valence-electron chi connectivity index (χ4n) is 2.12. The highest BCUT2D eigenvalue weighted by molar-refractivity contribution is 6.39. The summed E-state index contributed by atoms with van der Waals surface area (Å²) in [5.41, 5.74) is 1.85. The molecule has 0 fully saturated rings. The molecular weight excluding hydrogens is 409 g/mol. The molecule has 0 aliphatic heterocycles. The van der Waals surface area contributed by atoms with Gasteiger partial charge in [-0.3, -0.25) is 9.79 Å². The molecule has 5 nitrogen and oxygen atoms in total. The maximum Gasteiger partial charge on any atom is 0.226 e. The van der Waals surface area contributed by atoms with Crippen LogP contribution in [0.15, 0.2) is 57.8 Å². The van der Waals surface area contributed by atoms with Gasteiger partial charge in [0.1, 0.15) is 5.69 Å². The maximum atomic E-state index is 11.8. The third-order valence-electron chi connectivity index (χ3n) is 3.51. The molecule has 1 heterocycles. The van der Waals surface area contributed by atoms with Gasteiger partial charge in [-0.1, -0.05) is 75.1 Å². The monoisotopic (exact) mass is 435 g/mol. The van der Waals surface area contributed by atoms with Gasteiger partial charge >= 0.3 is 0 Å². The molecule has 1 aromatic carbocycles.